The fourth-order valence-electron chi connectivity index (χ4n) is 2.63. The Morgan fingerprint density at radius 3 is 2.78 bits per heavy atom. The lowest BCUT2D eigenvalue weighted by Crippen LogP contribution is -2.35. The Hall–Kier alpha value is -2.80. The maximum Gasteiger partial charge on any atom is 0.254 e. The van der Waals surface area contributed by atoms with Gasteiger partial charge in [0, 0.05) is 24.7 Å². The Balaban J connectivity index is 1.69. The normalized spacial score (nSPS) is 12.9. The van der Waals surface area contributed by atoms with Gasteiger partial charge >= 0.3 is 0 Å². The smallest absolute Gasteiger partial charge is 0.254 e. The summed E-state index contributed by atoms with van der Waals surface area (Å²) in [6.45, 7) is 0.744. The monoisotopic (exact) mass is 392 g/mol. The summed E-state index contributed by atoms with van der Waals surface area (Å²) in [6, 6.07) is 8.56. The molecule has 1 aliphatic rings. The lowest BCUT2D eigenvalue weighted by molar-refractivity contribution is -0.116. The zero-order chi connectivity index (χ0) is 19.4. The van der Waals surface area contributed by atoms with Gasteiger partial charge in [0.15, 0.2) is 11.5 Å². The van der Waals surface area contributed by atoms with E-state index in [2.05, 4.69) is 5.32 Å². The van der Waals surface area contributed by atoms with Crippen molar-refractivity contribution in [3.8, 4) is 11.5 Å². The number of amides is 2. The van der Waals surface area contributed by atoms with Gasteiger partial charge in [-0.1, -0.05) is 17.7 Å². The minimum Gasteiger partial charge on any atom is -0.489 e. The van der Waals surface area contributed by atoms with Crippen molar-refractivity contribution in [3.63, 3.8) is 0 Å². The molecule has 2 aromatic carbocycles. The maximum atomic E-state index is 13.2. The molecule has 0 radical (unpaired) electrons. The van der Waals surface area contributed by atoms with Crippen LogP contribution in [0.5, 0.6) is 11.5 Å². The van der Waals surface area contributed by atoms with Crippen LogP contribution < -0.4 is 14.8 Å². The van der Waals surface area contributed by atoms with E-state index in [-0.39, 0.29) is 17.1 Å². The van der Waals surface area contributed by atoms with Crippen molar-refractivity contribution < 1.29 is 23.5 Å². The molecule has 3 rings (SSSR count). The van der Waals surface area contributed by atoms with E-state index in [0.29, 0.717) is 36.8 Å². The standard InChI is InChI=1S/C19H18ClFN2O4/c1-23(11-17(24)22-14-5-2-4-13(21)10-14)19(25)12-8-15(20)18-16(9-12)26-6-3-7-27-18/h2,4-5,8-10H,3,6-7,11H2,1H3,(H,22,24). The minimum absolute atomic E-state index is 0.207. The van der Waals surface area contributed by atoms with Gasteiger partial charge in [0.05, 0.1) is 24.8 Å². The molecular formula is C19H18ClFN2O4. The second kappa shape index (κ2) is 8.26. The number of halogens is 2. The van der Waals surface area contributed by atoms with Gasteiger partial charge in [0.1, 0.15) is 5.82 Å². The van der Waals surface area contributed by atoms with E-state index in [9.17, 15) is 14.0 Å². The average Bonchev–Trinajstić information content (AvgIpc) is 2.86. The van der Waals surface area contributed by atoms with Gasteiger partial charge in [-0.05, 0) is 30.3 Å². The molecule has 142 valence electrons. The van der Waals surface area contributed by atoms with E-state index >= 15 is 0 Å². The summed E-state index contributed by atoms with van der Waals surface area (Å²) in [5.41, 5.74) is 0.602. The molecule has 1 aliphatic heterocycles. The van der Waals surface area contributed by atoms with Crippen molar-refractivity contribution in [2.45, 2.75) is 6.42 Å². The third kappa shape index (κ3) is 4.68. The largest absolute Gasteiger partial charge is 0.489 e. The molecule has 0 unspecified atom stereocenters. The number of hydrogen-bond acceptors (Lipinski definition) is 4. The molecule has 0 aliphatic carbocycles. The van der Waals surface area contributed by atoms with Gasteiger partial charge < -0.3 is 19.7 Å². The number of nitrogens with one attached hydrogen (secondary N) is 1. The van der Waals surface area contributed by atoms with Gasteiger partial charge in [-0.25, -0.2) is 4.39 Å². The Morgan fingerprint density at radius 1 is 1.22 bits per heavy atom. The number of hydrogen-bond donors (Lipinski definition) is 1. The van der Waals surface area contributed by atoms with E-state index in [4.69, 9.17) is 21.1 Å². The second-order valence-corrected chi connectivity index (χ2v) is 6.46. The molecule has 0 saturated carbocycles. The lowest BCUT2D eigenvalue weighted by Gasteiger charge is -2.18. The van der Waals surface area contributed by atoms with Crippen LogP contribution in [0.1, 0.15) is 16.8 Å². The highest BCUT2D eigenvalue weighted by Crippen LogP contribution is 2.38. The molecule has 0 atom stereocenters. The van der Waals surface area contributed by atoms with Crippen molar-refractivity contribution >= 4 is 29.1 Å². The van der Waals surface area contributed by atoms with Crippen LogP contribution in [-0.2, 0) is 4.79 Å². The fraction of sp³-hybridized carbons (Fsp3) is 0.263. The zero-order valence-electron chi connectivity index (χ0n) is 14.6. The van der Waals surface area contributed by atoms with Crippen LogP contribution in [0, 0.1) is 5.82 Å². The summed E-state index contributed by atoms with van der Waals surface area (Å²) in [5, 5.41) is 2.82. The quantitative estimate of drug-likeness (QED) is 0.866. The van der Waals surface area contributed by atoms with Crippen LogP contribution in [0.3, 0.4) is 0 Å². The van der Waals surface area contributed by atoms with Crippen LogP contribution in [0.25, 0.3) is 0 Å². The van der Waals surface area contributed by atoms with E-state index < -0.39 is 17.6 Å². The minimum atomic E-state index is -0.459. The summed E-state index contributed by atoms with van der Waals surface area (Å²) < 4.78 is 24.3. The fourth-order valence-corrected chi connectivity index (χ4v) is 2.89. The number of fused-ring (bicyclic) bond motifs is 1. The van der Waals surface area contributed by atoms with E-state index in [0.717, 1.165) is 0 Å². The van der Waals surface area contributed by atoms with Crippen LogP contribution in [0.4, 0.5) is 10.1 Å². The first-order valence-electron chi connectivity index (χ1n) is 8.34. The molecule has 1 heterocycles. The van der Waals surface area contributed by atoms with Crippen LogP contribution >= 0.6 is 11.6 Å². The van der Waals surface area contributed by atoms with Crippen LogP contribution in [-0.4, -0.2) is 43.5 Å². The van der Waals surface area contributed by atoms with Crippen molar-refractivity contribution in [2.24, 2.45) is 0 Å². The predicted molar refractivity (Wildman–Crippen MR) is 99.0 cm³/mol. The molecule has 0 fully saturated rings. The predicted octanol–water partition coefficient (Wildman–Crippen LogP) is 3.35. The van der Waals surface area contributed by atoms with Crippen molar-refractivity contribution in [3.05, 3.63) is 52.8 Å². The SMILES string of the molecule is CN(CC(=O)Nc1cccc(F)c1)C(=O)c1cc(Cl)c2c(c1)OCCCO2. The molecular weight excluding hydrogens is 375 g/mol. The first-order chi connectivity index (χ1) is 12.9. The molecule has 8 heteroatoms. The third-order valence-corrected chi connectivity index (χ3v) is 4.17. The molecule has 2 aromatic rings. The van der Waals surface area contributed by atoms with Gasteiger partial charge in [0.25, 0.3) is 5.91 Å². The second-order valence-electron chi connectivity index (χ2n) is 6.06. The maximum absolute atomic E-state index is 13.2. The highest BCUT2D eigenvalue weighted by atomic mass is 35.5. The van der Waals surface area contributed by atoms with Crippen molar-refractivity contribution in [1.82, 2.24) is 4.90 Å². The van der Waals surface area contributed by atoms with E-state index in [1.54, 1.807) is 12.1 Å². The first kappa shape index (κ1) is 19.0. The van der Waals surface area contributed by atoms with E-state index in [1.807, 2.05) is 0 Å². The lowest BCUT2D eigenvalue weighted by atomic mass is 10.1. The Labute approximate surface area is 160 Å². The summed E-state index contributed by atoms with van der Waals surface area (Å²) in [7, 11) is 1.49. The van der Waals surface area contributed by atoms with Crippen molar-refractivity contribution in [2.75, 3.05) is 32.1 Å². The summed E-state index contributed by atoms with van der Waals surface area (Å²) >= 11 is 6.21. The molecule has 6 nitrogen and oxygen atoms in total. The zero-order valence-corrected chi connectivity index (χ0v) is 15.4. The first-order valence-corrected chi connectivity index (χ1v) is 8.72. The summed E-state index contributed by atoms with van der Waals surface area (Å²) in [5.74, 6) is -0.490. The van der Waals surface area contributed by atoms with Crippen molar-refractivity contribution in [1.29, 1.82) is 0 Å². The number of ether oxygens (including phenoxy) is 2. The van der Waals surface area contributed by atoms with Gasteiger partial charge in [-0.15, -0.1) is 0 Å². The Morgan fingerprint density at radius 2 is 2.00 bits per heavy atom. The highest BCUT2D eigenvalue weighted by Gasteiger charge is 2.21. The van der Waals surface area contributed by atoms with Gasteiger partial charge in [-0.3, -0.25) is 9.59 Å². The topological polar surface area (TPSA) is 67.9 Å². The molecule has 2 amide bonds. The Bertz CT molecular complexity index is 875. The summed E-state index contributed by atoms with van der Waals surface area (Å²) in [4.78, 5) is 26.0. The molecule has 0 aromatic heterocycles. The third-order valence-electron chi connectivity index (χ3n) is 3.88. The number of carbonyl (C=O) groups excluding carboxylic acids is 2. The number of carbonyl (C=O) groups is 2. The number of benzene rings is 2. The van der Waals surface area contributed by atoms with Gasteiger partial charge in [-0.2, -0.15) is 0 Å². The molecule has 0 saturated heterocycles. The molecule has 0 spiro atoms. The van der Waals surface area contributed by atoms with Crippen LogP contribution in [0.2, 0.25) is 5.02 Å². The number of nitrogens with zero attached hydrogens (tertiary/aromatic N) is 1. The number of anilines is 1. The Kier molecular flexibility index (Phi) is 5.81. The number of likely N-dealkylation sites (N-methyl/N-ethyl adjacent to an activating group) is 1. The molecule has 0 bridgehead atoms. The number of rotatable bonds is 4. The molecule has 27 heavy (non-hydrogen) atoms. The van der Waals surface area contributed by atoms with Gasteiger partial charge in [0.2, 0.25) is 5.91 Å². The highest BCUT2D eigenvalue weighted by molar-refractivity contribution is 6.32. The average molecular weight is 393 g/mol. The molecule has 1 N–H and O–H groups in total. The summed E-state index contributed by atoms with van der Waals surface area (Å²) in [6.07, 6.45) is 0.717. The van der Waals surface area contributed by atoms with Crippen LogP contribution in [0.15, 0.2) is 36.4 Å². The van der Waals surface area contributed by atoms with E-state index in [1.165, 1.54) is 36.2 Å².